The average Bonchev–Trinajstić information content (AvgIpc) is 3.40. The lowest BCUT2D eigenvalue weighted by Crippen LogP contribution is -2.16. The summed E-state index contributed by atoms with van der Waals surface area (Å²) >= 11 is 0. The summed E-state index contributed by atoms with van der Waals surface area (Å²) < 4.78 is 83.3. The van der Waals surface area contributed by atoms with E-state index >= 15 is 0 Å². The normalized spacial score (nSPS) is 14.4. The van der Waals surface area contributed by atoms with E-state index in [4.69, 9.17) is 0 Å². The van der Waals surface area contributed by atoms with Crippen LogP contribution in [-0.2, 0) is 6.18 Å². The van der Waals surface area contributed by atoms with Crippen LogP contribution in [0.2, 0.25) is 0 Å². The van der Waals surface area contributed by atoms with Gasteiger partial charge in [-0.05, 0) is 31.0 Å². The number of nitrogens with one attached hydrogen (secondary N) is 1. The number of fused-ring (bicyclic) bond motifs is 1. The highest BCUT2D eigenvalue weighted by atomic mass is 19.4. The first kappa shape index (κ1) is 20.0. The molecular formula is C18H12F6N4O2. The monoisotopic (exact) mass is 430 g/mol. The molecule has 1 aliphatic carbocycles. The third kappa shape index (κ3) is 4.02. The number of amides is 1. The number of carbonyl (C=O) groups is 1. The number of anilines is 1. The fourth-order valence-corrected chi connectivity index (χ4v) is 2.87. The van der Waals surface area contributed by atoms with Crippen molar-refractivity contribution >= 4 is 17.2 Å². The minimum absolute atomic E-state index is 0.0726. The Morgan fingerprint density at radius 2 is 1.93 bits per heavy atom. The zero-order valence-electron chi connectivity index (χ0n) is 14.9. The van der Waals surface area contributed by atoms with Crippen LogP contribution >= 0.6 is 0 Å². The van der Waals surface area contributed by atoms with Gasteiger partial charge >= 0.3 is 12.8 Å². The Bertz CT molecular complexity index is 1120. The van der Waals surface area contributed by atoms with Crippen LogP contribution in [0, 0.1) is 5.82 Å². The molecule has 0 aliphatic heterocycles. The second kappa shape index (κ2) is 7.18. The molecule has 0 atom stereocenters. The molecule has 3 aromatic rings. The lowest BCUT2D eigenvalue weighted by molar-refractivity contribution is -0.142. The molecule has 0 unspecified atom stereocenters. The largest absolute Gasteiger partial charge is 0.433 e. The molecule has 1 saturated carbocycles. The van der Waals surface area contributed by atoms with Crippen LogP contribution in [0.25, 0.3) is 5.65 Å². The first-order valence-electron chi connectivity index (χ1n) is 8.65. The Kier molecular flexibility index (Phi) is 4.79. The lowest BCUT2D eigenvalue weighted by Gasteiger charge is -2.11. The number of rotatable bonds is 5. The molecule has 158 valence electrons. The van der Waals surface area contributed by atoms with Crippen molar-refractivity contribution in [1.82, 2.24) is 14.6 Å². The standard InChI is InChI=1S/C18H12F6N4O2/c19-9-3-4-10(13(5-9)30-17(20)21)26-16(29)12-7-15-25-11(8-1-2-8)6-14(18(22,23)24)28(15)27-12/h3-8,17H,1-2H2,(H,26,29). The molecular weight excluding hydrogens is 418 g/mol. The zero-order valence-corrected chi connectivity index (χ0v) is 14.9. The van der Waals surface area contributed by atoms with E-state index in [1.54, 1.807) is 0 Å². The minimum atomic E-state index is -4.74. The quantitative estimate of drug-likeness (QED) is 0.600. The highest BCUT2D eigenvalue weighted by Gasteiger charge is 2.37. The van der Waals surface area contributed by atoms with E-state index in [2.05, 4.69) is 20.1 Å². The van der Waals surface area contributed by atoms with Gasteiger partial charge in [-0.25, -0.2) is 13.9 Å². The molecule has 12 heteroatoms. The van der Waals surface area contributed by atoms with E-state index in [0.29, 0.717) is 10.6 Å². The summed E-state index contributed by atoms with van der Waals surface area (Å²) in [6.07, 6.45) is -3.29. The first-order chi connectivity index (χ1) is 14.1. The number of alkyl halides is 5. The van der Waals surface area contributed by atoms with Crippen molar-refractivity contribution in [2.24, 2.45) is 0 Å². The SMILES string of the molecule is O=C(Nc1ccc(F)cc1OC(F)F)c1cc2nc(C3CC3)cc(C(F)(F)F)n2n1. The smallest absolute Gasteiger partial charge is 0.432 e. The molecule has 1 aliphatic rings. The summed E-state index contributed by atoms with van der Waals surface area (Å²) in [7, 11) is 0. The van der Waals surface area contributed by atoms with E-state index in [-0.39, 0.29) is 22.9 Å². The van der Waals surface area contributed by atoms with Crippen molar-refractivity contribution in [1.29, 1.82) is 0 Å². The Morgan fingerprint density at radius 1 is 1.20 bits per heavy atom. The highest BCUT2D eigenvalue weighted by molar-refractivity contribution is 6.04. The summed E-state index contributed by atoms with van der Waals surface area (Å²) in [4.78, 5) is 16.6. The Hall–Kier alpha value is -3.31. The Morgan fingerprint density at radius 3 is 2.57 bits per heavy atom. The molecule has 1 N–H and O–H groups in total. The maximum atomic E-state index is 13.4. The van der Waals surface area contributed by atoms with E-state index in [9.17, 15) is 31.1 Å². The second-order valence-corrected chi connectivity index (χ2v) is 6.61. The number of hydrogen-bond donors (Lipinski definition) is 1. The second-order valence-electron chi connectivity index (χ2n) is 6.61. The van der Waals surface area contributed by atoms with Crippen LogP contribution in [0.3, 0.4) is 0 Å². The molecule has 0 saturated heterocycles. The summed E-state index contributed by atoms with van der Waals surface area (Å²) in [5.74, 6) is -2.61. The molecule has 2 heterocycles. The minimum Gasteiger partial charge on any atom is -0.432 e. The van der Waals surface area contributed by atoms with Gasteiger partial charge in [0.05, 0.1) is 5.69 Å². The highest BCUT2D eigenvalue weighted by Crippen LogP contribution is 2.41. The van der Waals surface area contributed by atoms with Crippen LogP contribution in [0.5, 0.6) is 5.75 Å². The van der Waals surface area contributed by atoms with E-state index in [1.807, 2.05) is 0 Å². The van der Waals surface area contributed by atoms with Gasteiger partial charge in [0.2, 0.25) is 0 Å². The van der Waals surface area contributed by atoms with E-state index in [1.165, 1.54) is 0 Å². The Labute approximate surface area is 164 Å². The van der Waals surface area contributed by atoms with E-state index < -0.39 is 41.6 Å². The van der Waals surface area contributed by atoms with Crippen LogP contribution in [0.4, 0.5) is 32.0 Å². The summed E-state index contributed by atoms with van der Waals surface area (Å²) in [5, 5.41) is 5.84. The van der Waals surface area contributed by atoms with Gasteiger partial charge in [0.15, 0.2) is 17.1 Å². The van der Waals surface area contributed by atoms with Crippen molar-refractivity contribution in [3.63, 3.8) is 0 Å². The molecule has 1 fully saturated rings. The summed E-state index contributed by atoms with van der Waals surface area (Å²) in [6.45, 7) is -3.28. The van der Waals surface area contributed by atoms with Gasteiger partial charge in [0.25, 0.3) is 5.91 Å². The van der Waals surface area contributed by atoms with Crippen LogP contribution in [-0.4, -0.2) is 27.1 Å². The van der Waals surface area contributed by atoms with Crippen LogP contribution < -0.4 is 10.1 Å². The molecule has 30 heavy (non-hydrogen) atoms. The van der Waals surface area contributed by atoms with Crippen LogP contribution in [0.15, 0.2) is 30.3 Å². The summed E-state index contributed by atoms with van der Waals surface area (Å²) in [5.41, 5.74) is -1.75. The number of nitrogens with zero attached hydrogens (tertiary/aromatic N) is 3. The molecule has 1 amide bonds. The topological polar surface area (TPSA) is 68.5 Å². The van der Waals surface area contributed by atoms with Crippen molar-refractivity contribution < 1.29 is 35.9 Å². The predicted molar refractivity (Wildman–Crippen MR) is 90.9 cm³/mol. The molecule has 0 bridgehead atoms. The fourth-order valence-electron chi connectivity index (χ4n) is 2.87. The molecule has 1 aromatic carbocycles. The van der Waals surface area contributed by atoms with Gasteiger partial charge in [-0.1, -0.05) is 0 Å². The predicted octanol–water partition coefficient (Wildman–Crippen LogP) is 4.62. The fraction of sp³-hybridized carbons (Fsp3) is 0.278. The van der Waals surface area contributed by atoms with E-state index in [0.717, 1.165) is 37.1 Å². The number of aromatic nitrogens is 3. The number of benzene rings is 1. The first-order valence-corrected chi connectivity index (χ1v) is 8.65. The van der Waals surface area contributed by atoms with Gasteiger partial charge < -0.3 is 10.1 Å². The van der Waals surface area contributed by atoms with Crippen molar-refractivity contribution in [2.45, 2.75) is 31.5 Å². The van der Waals surface area contributed by atoms with Crippen LogP contribution in [0.1, 0.15) is 40.6 Å². The Balaban J connectivity index is 1.69. The average molecular weight is 430 g/mol. The molecule has 0 spiro atoms. The lowest BCUT2D eigenvalue weighted by atomic mass is 10.2. The van der Waals surface area contributed by atoms with Crippen molar-refractivity contribution in [3.8, 4) is 5.75 Å². The number of hydrogen-bond acceptors (Lipinski definition) is 4. The molecule has 0 radical (unpaired) electrons. The molecule has 2 aromatic heterocycles. The van der Waals surface area contributed by atoms with Gasteiger partial charge in [-0.15, -0.1) is 0 Å². The van der Waals surface area contributed by atoms with Gasteiger partial charge in [0.1, 0.15) is 11.5 Å². The number of halogens is 6. The zero-order chi connectivity index (χ0) is 21.6. The molecule has 4 rings (SSSR count). The maximum absolute atomic E-state index is 13.4. The van der Waals surface area contributed by atoms with Crippen molar-refractivity contribution in [3.05, 3.63) is 53.2 Å². The van der Waals surface area contributed by atoms with Gasteiger partial charge in [0, 0.05) is 23.7 Å². The number of carbonyl (C=O) groups excluding carboxylic acids is 1. The van der Waals surface area contributed by atoms with Gasteiger partial charge in [-0.2, -0.15) is 27.1 Å². The number of ether oxygens (including phenoxy) is 1. The molecule has 6 nitrogen and oxygen atoms in total. The van der Waals surface area contributed by atoms with Crippen molar-refractivity contribution in [2.75, 3.05) is 5.32 Å². The third-order valence-electron chi connectivity index (χ3n) is 4.37. The maximum Gasteiger partial charge on any atom is 0.433 e. The summed E-state index contributed by atoms with van der Waals surface area (Å²) in [6, 6.07) is 4.45. The van der Waals surface area contributed by atoms with Gasteiger partial charge in [-0.3, -0.25) is 4.79 Å². The third-order valence-corrected chi connectivity index (χ3v) is 4.37.